The lowest BCUT2D eigenvalue weighted by Crippen LogP contribution is -2.45. The zero-order chi connectivity index (χ0) is 20.5. The average molecular weight is 391 g/mol. The van der Waals surface area contributed by atoms with Crippen LogP contribution >= 0.6 is 0 Å². The summed E-state index contributed by atoms with van der Waals surface area (Å²) in [6, 6.07) is 4.11. The molecule has 0 radical (unpaired) electrons. The Morgan fingerprint density at radius 3 is 2.14 bits per heavy atom. The van der Waals surface area contributed by atoms with E-state index in [1.165, 1.54) is 18.4 Å². The molecule has 3 heterocycles. The molecule has 8 heteroatoms. The highest BCUT2D eigenvalue weighted by Gasteiger charge is 2.30. The van der Waals surface area contributed by atoms with Crippen molar-refractivity contribution in [2.45, 2.75) is 39.2 Å². The number of likely N-dealkylation sites (tertiary alicyclic amines) is 2. The van der Waals surface area contributed by atoms with Crippen LogP contribution in [-0.4, -0.2) is 69.0 Å². The molecule has 1 aromatic rings. The quantitative estimate of drug-likeness (QED) is 0.755. The minimum atomic E-state index is -1.82. The number of carboxylic acids is 2. The number of pyridine rings is 1. The summed E-state index contributed by atoms with van der Waals surface area (Å²) in [4.78, 5) is 39.6. The largest absolute Gasteiger partial charge is 0.473 e. The number of carboxylic acid groups (broad SMARTS) is 2. The van der Waals surface area contributed by atoms with E-state index in [1.54, 1.807) is 0 Å². The number of nitrogens with zero attached hydrogens (tertiary/aromatic N) is 3. The van der Waals surface area contributed by atoms with Crippen LogP contribution in [0.25, 0.3) is 0 Å². The molecule has 1 aromatic heterocycles. The Hall–Kier alpha value is -2.48. The van der Waals surface area contributed by atoms with Crippen LogP contribution in [0.2, 0.25) is 0 Å². The zero-order valence-corrected chi connectivity index (χ0v) is 16.3. The molecule has 0 saturated carbocycles. The van der Waals surface area contributed by atoms with E-state index in [9.17, 15) is 4.79 Å². The van der Waals surface area contributed by atoms with Gasteiger partial charge in [0.25, 0.3) is 0 Å². The first-order valence-corrected chi connectivity index (χ1v) is 9.73. The van der Waals surface area contributed by atoms with Crippen LogP contribution in [0.5, 0.6) is 0 Å². The van der Waals surface area contributed by atoms with Crippen LogP contribution in [0.1, 0.15) is 38.2 Å². The third-order valence-electron chi connectivity index (χ3n) is 5.34. The fraction of sp³-hybridized carbons (Fsp3) is 0.600. The van der Waals surface area contributed by atoms with E-state index in [2.05, 4.69) is 27.8 Å². The molecule has 3 rings (SSSR count). The van der Waals surface area contributed by atoms with Crippen LogP contribution in [0.3, 0.4) is 0 Å². The Morgan fingerprint density at radius 2 is 1.64 bits per heavy atom. The summed E-state index contributed by atoms with van der Waals surface area (Å²) in [6.07, 6.45) is 8.10. The van der Waals surface area contributed by atoms with Crippen molar-refractivity contribution in [3.63, 3.8) is 0 Å². The predicted molar refractivity (Wildman–Crippen MR) is 102 cm³/mol. The minimum Gasteiger partial charge on any atom is -0.473 e. The van der Waals surface area contributed by atoms with E-state index in [0.717, 1.165) is 51.5 Å². The first kappa shape index (κ1) is 21.8. The van der Waals surface area contributed by atoms with E-state index < -0.39 is 11.9 Å². The Bertz CT molecular complexity index is 639. The summed E-state index contributed by atoms with van der Waals surface area (Å²) in [5, 5.41) is 14.8. The average Bonchev–Trinajstić information content (AvgIpc) is 2.70. The van der Waals surface area contributed by atoms with Crippen LogP contribution in [0, 0.1) is 11.8 Å². The molecule has 0 unspecified atom stereocenters. The monoisotopic (exact) mass is 391 g/mol. The van der Waals surface area contributed by atoms with Gasteiger partial charge in [0.05, 0.1) is 0 Å². The highest BCUT2D eigenvalue weighted by Crippen LogP contribution is 2.24. The fourth-order valence-electron chi connectivity index (χ4n) is 3.58. The first-order chi connectivity index (χ1) is 13.4. The molecule has 2 aliphatic rings. The second-order valence-corrected chi connectivity index (χ2v) is 7.53. The van der Waals surface area contributed by atoms with Crippen molar-refractivity contribution in [2.24, 2.45) is 11.8 Å². The molecule has 28 heavy (non-hydrogen) atoms. The van der Waals surface area contributed by atoms with E-state index in [1.807, 2.05) is 18.5 Å². The van der Waals surface area contributed by atoms with Crippen molar-refractivity contribution in [2.75, 3.05) is 26.2 Å². The maximum Gasteiger partial charge on any atom is 0.414 e. The van der Waals surface area contributed by atoms with Gasteiger partial charge >= 0.3 is 11.9 Å². The summed E-state index contributed by atoms with van der Waals surface area (Å²) in [5.41, 5.74) is 1.26. The van der Waals surface area contributed by atoms with Gasteiger partial charge in [0.15, 0.2) is 0 Å². The number of aliphatic carboxylic acids is 2. The van der Waals surface area contributed by atoms with Gasteiger partial charge in [-0.25, -0.2) is 9.59 Å². The van der Waals surface area contributed by atoms with Crippen molar-refractivity contribution in [3.05, 3.63) is 30.1 Å². The highest BCUT2D eigenvalue weighted by atomic mass is 16.4. The van der Waals surface area contributed by atoms with Gasteiger partial charge in [0.1, 0.15) is 0 Å². The molecule has 1 amide bonds. The van der Waals surface area contributed by atoms with Crippen molar-refractivity contribution in [1.82, 2.24) is 14.8 Å². The minimum absolute atomic E-state index is 0.249. The lowest BCUT2D eigenvalue weighted by Gasteiger charge is -2.36. The van der Waals surface area contributed by atoms with Crippen molar-refractivity contribution < 1.29 is 24.6 Å². The van der Waals surface area contributed by atoms with E-state index in [0.29, 0.717) is 5.91 Å². The summed E-state index contributed by atoms with van der Waals surface area (Å²) < 4.78 is 0. The molecule has 0 spiro atoms. The van der Waals surface area contributed by atoms with Crippen LogP contribution in [-0.2, 0) is 20.9 Å². The summed E-state index contributed by atoms with van der Waals surface area (Å²) in [6.45, 7) is 7.23. The molecule has 0 aliphatic carbocycles. The lowest BCUT2D eigenvalue weighted by atomic mass is 9.92. The Balaban J connectivity index is 0.000000409. The van der Waals surface area contributed by atoms with Gasteiger partial charge in [-0.15, -0.1) is 0 Å². The second kappa shape index (κ2) is 10.8. The maximum absolute atomic E-state index is 12.6. The number of piperidine rings is 2. The molecular formula is C20H29N3O5. The van der Waals surface area contributed by atoms with Crippen molar-refractivity contribution in [1.29, 1.82) is 0 Å². The molecule has 2 N–H and O–H groups in total. The smallest absolute Gasteiger partial charge is 0.414 e. The van der Waals surface area contributed by atoms with Crippen molar-refractivity contribution in [3.8, 4) is 0 Å². The first-order valence-electron chi connectivity index (χ1n) is 9.73. The third kappa shape index (κ3) is 6.92. The number of hydrogen-bond acceptors (Lipinski definition) is 5. The number of carbonyl (C=O) groups excluding carboxylic acids is 1. The van der Waals surface area contributed by atoms with Gasteiger partial charge in [-0.05, 0) is 56.3 Å². The molecule has 154 valence electrons. The molecule has 0 bridgehead atoms. The number of aromatic nitrogens is 1. The van der Waals surface area contributed by atoms with E-state index in [4.69, 9.17) is 19.8 Å². The van der Waals surface area contributed by atoms with Crippen LogP contribution in [0.4, 0.5) is 0 Å². The molecule has 2 fully saturated rings. The molecular weight excluding hydrogens is 362 g/mol. The zero-order valence-electron chi connectivity index (χ0n) is 16.3. The van der Waals surface area contributed by atoms with Gasteiger partial charge in [0.2, 0.25) is 5.91 Å². The standard InChI is InChI=1S/C18H27N3O.C2H2O4/c1-15-4-11-21(12-5-15)18(22)17-6-9-20(10-7-17)14-16-3-2-8-19-13-16;3-1(4)2(5)6/h2-3,8,13,15,17H,4-7,9-12,14H2,1H3;(H,3,4)(H,5,6). The van der Waals surface area contributed by atoms with Gasteiger partial charge in [-0.3, -0.25) is 14.7 Å². The number of hydrogen-bond donors (Lipinski definition) is 2. The fourth-order valence-corrected chi connectivity index (χ4v) is 3.58. The number of carbonyl (C=O) groups is 3. The Labute approximate surface area is 165 Å². The number of rotatable bonds is 3. The lowest BCUT2D eigenvalue weighted by molar-refractivity contribution is -0.159. The van der Waals surface area contributed by atoms with Crippen LogP contribution in [0.15, 0.2) is 24.5 Å². The third-order valence-corrected chi connectivity index (χ3v) is 5.34. The Morgan fingerprint density at radius 1 is 1.04 bits per heavy atom. The molecule has 2 saturated heterocycles. The van der Waals surface area contributed by atoms with Gasteiger partial charge in [-0.1, -0.05) is 13.0 Å². The Kier molecular flexibility index (Phi) is 8.38. The van der Waals surface area contributed by atoms with E-state index in [-0.39, 0.29) is 5.92 Å². The van der Waals surface area contributed by atoms with Gasteiger partial charge < -0.3 is 15.1 Å². The molecule has 2 aliphatic heterocycles. The maximum atomic E-state index is 12.6. The second-order valence-electron chi connectivity index (χ2n) is 7.53. The SMILES string of the molecule is CC1CCN(C(=O)C2CCN(Cc3cccnc3)CC2)CC1.O=C(O)C(=O)O. The predicted octanol–water partition coefficient (Wildman–Crippen LogP) is 1.71. The summed E-state index contributed by atoms with van der Waals surface area (Å²) in [5.74, 6) is -2.21. The molecule has 8 nitrogen and oxygen atoms in total. The van der Waals surface area contributed by atoms with Gasteiger partial charge in [0, 0.05) is 37.9 Å². The summed E-state index contributed by atoms with van der Waals surface area (Å²) >= 11 is 0. The molecule has 0 aromatic carbocycles. The normalized spacial score (nSPS) is 18.8. The van der Waals surface area contributed by atoms with E-state index >= 15 is 0 Å². The highest BCUT2D eigenvalue weighted by molar-refractivity contribution is 6.27. The topological polar surface area (TPSA) is 111 Å². The van der Waals surface area contributed by atoms with Crippen molar-refractivity contribution >= 4 is 17.8 Å². The summed E-state index contributed by atoms with van der Waals surface area (Å²) in [7, 11) is 0. The van der Waals surface area contributed by atoms with Gasteiger partial charge in [-0.2, -0.15) is 0 Å². The number of amides is 1. The molecule has 0 atom stereocenters. The van der Waals surface area contributed by atoms with Crippen LogP contribution < -0.4 is 0 Å².